The normalized spacial score (nSPS) is 14.1. The van der Waals surface area contributed by atoms with Crippen LogP contribution < -0.4 is 14.9 Å². The summed E-state index contributed by atoms with van der Waals surface area (Å²) in [5.41, 5.74) is 2.27. The number of ether oxygens (including phenoxy) is 1. The molecule has 0 aliphatic carbocycles. The average Bonchev–Trinajstić information content (AvgIpc) is 2.79. The molecule has 0 unspecified atom stereocenters. The Balaban J connectivity index is 1.41. The highest BCUT2D eigenvalue weighted by Gasteiger charge is 2.16. The fraction of sp³-hybridized carbons (Fsp3) is 0.174. The van der Waals surface area contributed by atoms with Crippen molar-refractivity contribution in [2.75, 3.05) is 41.2 Å². The molecule has 0 radical (unpaired) electrons. The molecule has 10 heteroatoms. The van der Waals surface area contributed by atoms with Crippen LogP contribution in [0.2, 0.25) is 10.0 Å². The van der Waals surface area contributed by atoms with E-state index in [-0.39, 0.29) is 16.5 Å². The molecule has 2 N–H and O–H groups in total. The largest absolute Gasteiger partial charge is 0.378 e. The van der Waals surface area contributed by atoms with Crippen molar-refractivity contribution in [1.29, 1.82) is 0 Å². The second-order valence-corrected chi connectivity index (χ2v) is 9.94. The average molecular weight is 506 g/mol. The van der Waals surface area contributed by atoms with Crippen LogP contribution >= 0.6 is 23.2 Å². The molecule has 172 valence electrons. The minimum atomic E-state index is -3.85. The number of carbonyl (C=O) groups excluding carboxylic acids is 1. The smallest absolute Gasteiger partial charge is 0.261 e. The van der Waals surface area contributed by atoms with Crippen molar-refractivity contribution in [3.8, 4) is 0 Å². The zero-order valence-electron chi connectivity index (χ0n) is 17.4. The lowest BCUT2D eigenvalue weighted by Gasteiger charge is -2.28. The van der Waals surface area contributed by atoms with Gasteiger partial charge in [0.15, 0.2) is 0 Å². The number of hydrogen-bond acceptors (Lipinski definition) is 5. The lowest BCUT2D eigenvalue weighted by Crippen LogP contribution is -2.36. The Labute approximate surface area is 202 Å². The number of nitrogens with zero attached hydrogens (tertiary/aromatic N) is 1. The number of halogens is 2. The second kappa shape index (κ2) is 10.0. The van der Waals surface area contributed by atoms with Gasteiger partial charge in [-0.05, 0) is 66.7 Å². The first-order chi connectivity index (χ1) is 15.8. The van der Waals surface area contributed by atoms with Crippen molar-refractivity contribution in [2.45, 2.75) is 4.90 Å². The van der Waals surface area contributed by atoms with Crippen LogP contribution in [0.15, 0.2) is 71.6 Å². The molecule has 3 aromatic rings. The summed E-state index contributed by atoms with van der Waals surface area (Å²) >= 11 is 11.9. The van der Waals surface area contributed by atoms with E-state index in [1.807, 2.05) is 12.1 Å². The third kappa shape index (κ3) is 5.97. The number of amides is 1. The van der Waals surface area contributed by atoms with Gasteiger partial charge >= 0.3 is 0 Å². The van der Waals surface area contributed by atoms with Gasteiger partial charge in [0, 0.05) is 40.1 Å². The van der Waals surface area contributed by atoms with Gasteiger partial charge in [0.2, 0.25) is 0 Å². The fourth-order valence-electron chi connectivity index (χ4n) is 3.39. The van der Waals surface area contributed by atoms with Crippen molar-refractivity contribution < 1.29 is 17.9 Å². The van der Waals surface area contributed by atoms with E-state index in [1.54, 1.807) is 12.1 Å². The van der Waals surface area contributed by atoms with Crippen molar-refractivity contribution in [1.82, 2.24) is 0 Å². The van der Waals surface area contributed by atoms with Gasteiger partial charge in [0.1, 0.15) is 0 Å². The third-order valence-electron chi connectivity index (χ3n) is 5.04. The molecule has 7 nitrogen and oxygen atoms in total. The molecule has 1 heterocycles. The van der Waals surface area contributed by atoms with Crippen LogP contribution in [0.4, 0.5) is 17.1 Å². The van der Waals surface area contributed by atoms with E-state index in [4.69, 9.17) is 27.9 Å². The monoisotopic (exact) mass is 505 g/mol. The Morgan fingerprint density at radius 2 is 1.45 bits per heavy atom. The highest BCUT2D eigenvalue weighted by molar-refractivity contribution is 7.92. The lowest BCUT2D eigenvalue weighted by atomic mass is 10.1. The molecule has 1 saturated heterocycles. The zero-order valence-corrected chi connectivity index (χ0v) is 19.8. The summed E-state index contributed by atoms with van der Waals surface area (Å²) in [6, 6.07) is 17.6. The first kappa shape index (κ1) is 23.4. The van der Waals surface area contributed by atoms with Crippen molar-refractivity contribution in [3.05, 3.63) is 82.3 Å². The summed E-state index contributed by atoms with van der Waals surface area (Å²) in [5.74, 6) is -0.286. The molecule has 33 heavy (non-hydrogen) atoms. The molecule has 4 rings (SSSR count). The minimum Gasteiger partial charge on any atom is -0.378 e. The van der Waals surface area contributed by atoms with E-state index in [9.17, 15) is 13.2 Å². The number of morpholine rings is 1. The second-order valence-electron chi connectivity index (χ2n) is 7.39. The zero-order chi connectivity index (χ0) is 23.4. The van der Waals surface area contributed by atoms with Crippen LogP contribution in [0.25, 0.3) is 0 Å². The van der Waals surface area contributed by atoms with E-state index in [0.29, 0.717) is 34.5 Å². The van der Waals surface area contributed by atoms with Gasteiger partial charge in [-0.2, -0.15) is 0 Å². The van der Waals surface area contributed by atoms with Gasteiger partial charge in [0.05, 0.1) is 23.8 Å². The van der Waals surface area contributed by atoms with E-state index < -0.39 is 10.0 Å². The number of rotatable bonds is 6. The quantitative estimate of drug-likeness (QED) is 0.498. The van der Waals surface area contributed by atoms with Gasteiger partial charge in [-0.3, -0.25) is 9.52 Å². The van der Waals surface area contributed by atoms with Gasteiger partial charge in [0.25, 0.3) is 15.9 Å². The van der Waals surface area contributed by atoms with Crippen LogP contribution in [0.5, 0.6) is 0 Å². The number of hydrogen-bond donors (Lipinski definition) is 2. The molecule has 0 saturated carbocycles. The summed E-state index contributed by atoms with van der Waals surface area (Å²) in [7, 11) is -3.85. The van der Waals surface area contributed by atoms with E-state index in [1.165, 1.54) is 42.5 Å². The van der Waals surface area contributed by atoms with Crippen LogP contribution in [-0.4, -0.2) is 40.6 Å². The number of benzene rings is 3. The molecule has 0 atom stereocenters. The molecule has 1 aliphatic rings. The van der Waals surface area contributed by atoms with E-state index in [0.717, 1.165) is 18.8 Å². The first-order valence-electron chi connectivity index (χ1n) is 10.1. The van der Waals surface area contributed by atoms with Gasteiger partial charge in [-0.25, -0.2) is 8.42 Å². The molecular formula is C23H21Cl2N3O4S. The van der Waals surface area contributed by atoms with Gasteiger partial charge in [-0.1, -0.05) is 23.2 Å². The maximum absolute atomic E-state index is 12.6. The fourth-order valence-corrected chi connectivity index (χ4v) is 4.96. The van der Waals surface area contributed by atoms with Crippen LogP contribution in [0.1, 0.15) is 10.4 Å². The Kier molecular flexibility index (Phi) is 7.09. The first-order valence-corrected chi connectivity index (χ1v) is 12.4. The molecule has 3 aromatic carbocycles. The standard InChI is InChI=1S/C23H21Cl2N3O4S/c24-17-13-18(25)15-20(14-17)27-33(30,31)22-7-3-19(4-8-22)26-23(29)16-1-5-21(6-2-16)28-9-11-32-12-10-28/h1-8,13-15,27H,9-12H2,(H,26,29). The summed E-state index contributed by atoms with van der Waals surface area (Å²) in [6.45, 7) is 3.02. The summed E-state index contributed by atoms with van der Waals surface area (Å²) < 4.78 is 33.1. The maximum Gasteiger partial charge on any atom is 0.261 e. The summed E-state index contributed by atoms with van der Waals surface area (Å²) in [4.78, 5) is 14.8. The Hall–Kier alpha value is -2.78. The number of sulfonamides is 1. The van der Waals surface area contributed by atoms with Crippen molar-refractivity contribution in [3.63, 3.8) is 0 Å². The Bertz CT molecular complexity index is 1220. The van der Waals surface area contributed by atoms with Crippen LogP contribution in [0.3, 0.4) is 0 Å². The van der Waals surface area contributed by atoms with Crippen molar-refractivity contribution in [2.24, 2.45) is 0 Å². The topological polar surface area (TPSA) is 87.7 Å². The van der Waals surface area contributed by atoms with Gasteiger partial charge < -0.3 is 15.0 Å². The number of carbonyl (C=O) groups is 1. The third-order valence-corrected chi connectivity index (χ3v) is 6.88. The molecule has 1 amide bonds. The minimum absolute atomic E-state index is 0.0338. The van der Waals surface area contributed by atoms with Crippen molar-refractivity contribution >= 4 is 56.2 Å². The summed E-state index contributed by atoms with van der Waals surface area (Å²) in [6.07, 6.45) is 0. The Morgan fingerprint density at radius 1 is 0.848 bits per heavy atom. The summed E-state index contributed by atoms with van der Waals surface area (Å²) in [5, 5.41) is 3.41. The van der Waals surface area contributed by atoms with Gasteiger partial charge in [-0.15, -0.1) is 0 Å². The maximum atomic E-state index is 12.6. The molecular weight excluding hydrogens is 485 g/mol. The number of anilines is 3. The predicted molar refractivity (Wildman–Crippen MR) is 131 cm³/mol. The molecule has 0 spiro atoms. The van der Waals surface area contributed by atoms with E-state index >= 15 is 0 Å². The highest BCUT2D eigenvalue weighted by atomic mass is 35.5. The predicted octanol–water partition coefficient (Wildman–Crippen LogP) is 4.88. The molecule has 1 fully saturated rings. The molecule has 0 bridgehead atoms. The lowest BCUT2D eigenvalue weighted by molar-refractivity contribution is 0.102. The molecule has 0 aromatic heterocycles. The SMILES string of the molecule is O=C(Nc1ccc(S(=O)(=O)Nc2cc(Cl)cc(Cl)c2)cc1)c1ccc(N2CCOCC2)cc1. The highest BCUT2D eigenvalue weighted by Crippen LogP contribution is 2.25. The van der Waals surface area contributed by atoms with Crippen LogP contribution in [0, 0.1) is 0 Å². The van der Waals surface area contributed by atoms with E-state index in [2.05, 4.69) is 14.9 Å². The van der Waals surface area contributed by atoms with Crippen LogP contribution in [-0.2, 0) is 14.8 Å². The number of nitrogens with one attached hydrogen (secondary N) is 2. The Morgan fingerprint density at radius 3 is 2.06 bits per heavy atom. The molecule has 1 aliphatic heterocycles.